The summed E-state index contributed by atoms with van der Waals surface area (Å²) < 4.78 is 28.8. The van der Waals surface area contributed by atoms with Crippen molar-refractivity contribution in [2.75, 3.05) is 13.1 Å². The van der Waals surface area contributed by atoms with Crippen LogP contribution in [0.25, 0.3) is 0 Å². The zero-order valence-corrected chi connectivity index (χ0v) is 15.6. The molecule has 134 valence electrons. The van der Waals surface area contributed by atoms with Crippen LogP contribution in [0.1, 0.15) is 46.6 Å². The molecule has 1 aliphatic rings. The monoisotopic (exact) mass is 361 g/mol. The molecule has 1 aromatic heterocycles. The third-order valence-electron chi connectivity index (χ3n) is 4.71. The second kappa shape index (κ2) is 6.72. The first kappa shape index (κ1) is 17.8. The van der Waals surface area contributed by atoms with E-state index in [4.69, 9.17) is 0 Å². The number of nitrogens with zero attached hydrogens (tertiary/aromatic N) is 3. The lowest BCUT2D eigenvalue weighted by Crippen LogP contribution is -2.36. The number of aryl methyl sites for hydroxylation is 2. The van der Waals surface area contributed by atoms with E-state index in [9.17, 15) is 13.2 Å². The molecule has 25 heavy (non-hydrogen) atoms. The predicted molar refractivity (Wildman–Crippen MR) is 95.2 cm³/mol. The summed E-state index contributed by atoms with van der Waals surface area (Å²) in [5.41, 5.74) is 2.09. The van der Waals surface area contributed by atoms with E-state index in [1.807, 2.05) is 19.1 Å². The molecule has 0 amide bonds. The second-order valence-electron chi connectivity index (χ2n) is 6.50. The summed E-state index contributed by atoms with van der Waals surface area (Å²) in [6.07, 6.45) is 2.79. The number of carbonyl (C=O) groups excluding carboxylic acids is 1. The van der Waals surface area contributed by atoms with Crippen LogP contribution in [0.2, 0.25) is 0 Å². The molecule has 0 aliphatic carbocycles. The summed E-state index contributed by atoms with van der Waals surface area (Å²) in [7, 11) is -3.63. The van der Waals surface area contributed by atoms with Gasteiger partial charge in [0.1, 0.15) is 4.90 Å². The molecule has 0 saturated carbocycles. The second-order valence-corrected chi connectivity index (χ2v) is 8.37. The van der Waals surface area contributed by atoms with E-state index in [0.717, 1.165) is 24.8 Å². The normalized spacial score (nSPS) is 16.1. The van der Waals surface area contributed by atoms with Crippen LogP contribution in [-0.2, 0) is 10.0 Å². The van der Waals surface area contributed by atoms with Crippen molar-refractivity contribution >= 4 is 15.9 Å². The van der Waals surface area contributed by atoms with E-state index in [1.54, 1.807) is 26.0 Å². The molecule has 6 nitrogen and oxygen atoms in total. The van der Waals surface area contributed by atoms with Crippen LogP contribution in [-0.4, -0.2) is 41.5 Å². The fourth-order valence-corrected chi connectivity index (χ4v) is 5.23. The summed E-state index contributed by atoms with van der Waals surface area (Å²) >= 11 is 0. The molecule has 2 heterocycles. The van der Waals surface area contributed by atoms with Crippen molar-refractivity contribution < 1.29 is 13.2 Å². The van der Waals surface area contributed by atoms with Gasteiger partial charge < -0.3 is 0 Å². The van der Waals surface area contributed by atoms with E-state index >= 15 is 0 Å². The van der Waals surface area contributed by atoms with E-state index in [-0.39, 0.29) is 10.8 Å². The highest BCUT2D eigenvalue weighted by molar-refractivity contribution is 7.89. The van der Waals surface area contributed by atoms with Gasteiger partial charge >= 0.3 is 0 Å². The van der Waals surface area contributed by atoms with Crippen LogP contribution in [0.4, 0.5) is 0 Å². The number of hydrogen-bond acceptors (Lipinski definition) is 4. The average Bonchev–Trinajstić information content (AvgIpc) is 2.90. The SMILES string of the molecule is Cc1ccccc1C(=O)n1nc(C)c(S(=O)(=O)N2CCCCC2)c1C. The van der Waals surface area contributed by atoms with Crippen molar-refractivity contribution in [2.24, 2.45) is 0 Å². The fraction of sp³-hybridized carbons (Fsp3) is 0.444. The number of aromatic nitrogens is 2. The first-order valence-electron chi connectivity index (χ1n) is 8.50. The maximum Gasteiger partial charge on any atom is 0.278 e. The van der Waals surface area contributed by atoms with Crippen LogP contribution in [0, 0.1) is 20.8 Å². The third-order valence-corrected chi connectivity index (χ3v) is 6.86. The van der Waals surface area contributed by atoms with Gasteiger partial charge in [0.2, 0.25) is 10.0 Å². The third kappa shape index (κ3) is 3.14. The Hall–Kier alpha value is -1.99. The molecule has 0 spiro atoms. The minimum atomic E-state index is -3.63. The number of hydrogen-bond donors (Lipinski definition) is 0. The van der Waals surface area contributed by atoms with Crippen molar-refractivity contribution in [3.63, 3.8) is 0 Å². The molecule has 1 aromatic carbocycles. The lowest BCUT2D eigenvalue weighted by molar-refractivity contribution is 0.0941. The maximum atomic E-state index is 13.0. The molecule has 2 aromatic rings. The summed E-state index contributed by atoms with van der Waals surface area (Å²) in [6.45, 7) is 6.19. The molecule has 1 saturated heterocycles. The van der Waals surface area contributed by atoms with Crippen LogP contribution in [0.15, 0.2) is 29.2 Å². The van der Waals surface area contributed by atoms with Crippen molar-refractivity contribution in [3.05, 3.63) is 46.8 Å². The molecule has 0 atom stereocenters. The van der Waals surface area contributed by atoms with Gasteiger partial charge in [-0.3, -0.25) is 4.79 Å². The van der Waals surface area contributed by atoms with Crippen molar-refractivity contribution in [3.8, 4) is 0 Å². The van der Waals surface area contributed by atoms with Gasteiger partial charge in [-0.05, 0) is 45.2 Å². The maximum absolute atomic E-state index is 13.0. The molecule has 3 rings (SSSR count). The molecule has 0 radical (unpaired) electrons. The van der Waals surface area contributed by atoms with Crippen LogP contribution >= 0.6 is 0 Å². The Balaban J connectivity index is 2.04. The van der Waals surface area contributed by atoms with E-state index in [1.165, 1.54) is 8.99 Å². The summed E-state index contributed by atoms with van der Waals surface area (Å²) in [4.78, 5) is 13.0. The molecule has 1 fully saturated rings. The summed E-state index contributed by atoms with van der Waals surface area (Å²) in [5.74, 6) is -0.307. The van der Waals surface area contributed by atoms with Gasteiger partial charge in [0.15, 0.2) is 0 Å². The van der Waals surface area contributed by atoms with Crippen molar-refractivity contribution in [2.45, 2.75) is 44.9 Å². The molecule has 0 N–H and O–H groups in total. The molecule has 7 heteroatoms. The van der Waals surface area contributed by atoms with Gasteiger partial charge in [-0.25, -0.2) is 8.42 Å². The van der Waals surface area contributed by atoms with Gasteiger partial charge in [0, 0.05) is 18.7 Å². The lowest BCUT2D eigenvalue weighted by atomic mass is 10.1. The molecule has 0 bridgehead atoms. The van der Waals surface area contributed by atoms with Gasteiger partial charge in [-0.1, -0.05) is 24.6 Å². The Kier molecular flexibility index (Phi) is 4.79. The molecular weight excluding hydrogens is 338 g/mol. The number of sulfonamides is 1. The Bertz CT molecular complexity index is 910. The molecular formula is C18H23N3O3S. The highest BCUT2D eigenvalue weighted by atomic mass is 32.2. The zero-order chi connectivity index (χ0) is 18.2. The number of carbonyl (C=O) groups is 1. The highest BCUT2D eigenvalue weighted by Gasteiger charge is 2.33. The Morgan fingerprint density at radius 2 is 1.68 bits per heavy atom. The minimum Gasteiger partial charge on any atom is -0.267 e. The quantitative estimate of drug-likeness (QED) is 0.842. The Morgan fingerprint density at radius 1 is 1.04 bits per heavy atom. The van der Waals surface area contributed by atoms with Crippen LogP contribution in [0.3, 0.4) is 0 Å². The first-order chi connectivity index (χ1) is 11.8. The van der Waals surface area contributed by atoms with Gasteiger partial charge in [-0.15, -0.1) is 0 Å². The zero-order valence-electron chi connectivity index (χ0n) is 14.8. The van der Waals surface area contributed by atoms with E-state index in [0.29, 0.717) is 30.0 Å². The van der Waals surface area contributed by atoms with Crippen LogP contribution < -0.4 is 0 Å². The predicted octanol–water partition coefficient (Wildman–Crippen LogP) is 2.67. The lowest BCUT2D eigenvalue weighted by Gasteiger charge is -2.25. The standard InChI is InChI=1S/C18H23N3O3S/c1-13-9-5-6-10-16(13)18(22)21-15(3)17(14(2)19-21)25(23,24)20-11-7-4-8-12-20/h5-6,9-10H,4,7-8,11-12H2,1-3H3. The number of rotatable bonds is 3. The summed E-state index contributed by atoms with van der Waals surface area (Å²) in [5, 5.41) is 4.25. The molecule has 0 unspecified atom stereocenters. The van der Waals surface area contributed by atoms with E-state index < -0.39 is 10.0 Å². The minimum absolute atomic E-state index is 0.163. The Labute approximate surface area is 148 Å². The number of benzene rings is 1. The first-order valence-corrected chi connectivity index (χ1v) is 9.94. The van der Waals surface area contributed by atoms with Crippen LogP contribution in [0.5, 0.6) is 0 Å². The Morgan fingerprint density at radius 3 is 2.32 bits per heavy atom. The topological polar surface area (TPSA) is 72.3 Å². The van der Waals surface area contributed by atoms with Gasteiger partial charge in [-0.2, -0.15) is 14.1 Å². The summed E-state index contributed by atoms with van der Waals surface area (Å²) in [6, 6.07) is 7.23. The van der Waals surface area contributed by atoms with E-state index in [2.05, 4.69) is 5.10 Å². The average molecular weight is 361 g/mol. The highest BCUT2D eigenvalue weighted by Crippen LogP contribution is 2.26. The van der Waals surface area contributed by atoms with Crippen molar-refractivity contribution in [1.29, 1.82) is 0 Å². The smallest absolute Gasteiger partial charge is 0.267 e. The molecule has 1 aliphatic heterocycles. The fourth-order valence-electron chi connectivity index (χ4n) is 3.36. The van der Waals surface area contributed by atoms with Crippen molar-refractivity contribution in [1.82, 2.24) is 14.1 Å². The van der Waals surface area contributed by atoms with Gasteiger partial charge in [0.25, 0.3) is 5.91 Å². The van der Waals surface area contributed by atoms with Gasteiger partial charge in [0.05, 0.1) is 11.4 Å². The largest absolute Gasteiger partial charge is 0.278 e. The number of piperidine rings is 1.